The maximum Gasteiger partial charge on any atom is 0.408 e. The molecule has 0 aliphatic carbocycles. The average molecular weight is 352 g/mol. The molecule has 1 aromatic carbocycles. The van der Waals surface area contributed by atoms with E-state index in [0.29, 0.717) is 6.61 Å². The molecule has 5 heteroatoms. The van der Waals surface area contributed by atoms with Gasteiger partial charge in [0.2, 0.25) is 0 Å². The molecule has 0 saturated heterocycles. The van der Waals surface area contributed by atoms with Gasteiger partial charge in [-0.15, -0.1) is 0 Å². The van der Waals surface area contributed by atoms with Crippen LogP contribution in [0.1, 0.15) is 53.1 Å². The zero-order valence-corrected chi connectivity index (χ0v) is 17.4. The van der Waals surface area contributed by atoms with E-state index in [1.165, 1.54) is 0 Å². The molecule has 4 nitrogen and oxygen atoms in total. The zero-order chi connectivity index (χ0) is 18.6. The van der Waals surface area contributed by atoms with Crippen LogP contribution >= 0.6 is 0 Å². The lowest BCUT2D eigenvalue weighted by molar-refractivity contribution is 0.0484. The van der Waals surface area contributed by atoms with Crippen LogP contribution in [-0.2, 0) is 9.16 Å². The van der Waals surface area contributed by atoms with Gasteiger partial charge in [0.05, 0.1) is 12.6 Å². The topological polar surface area (TPSA) is 47.6 Å². The smallest absolute Gasteiger partial charge is 0.408 e. The fourth-order valence-electron chi connectivity index (χ4n) is 1.86. The molecule has 0 bridgehead atoms. The van der Waals surface area contributed by atoms with Crippen LogP contribution in [0.3, 0.4) is 0 Å². The van der Waals surface area contributed by atoms with Crippen molar-refractivity contribution >= 4 is 14.4 Å². The molecule has 0 heterocycles. The van der Waals surface area contributed by atoms with E-state index in [4.69, 9.17) is 9.16 Å². The number of rotatable bonds is 5. The Kier molecular flexibility index (Phi) is 6.65. The van der Waals surface area contributed by atoms with Gasteiger partial charge in [0.25, 0.3) is 0 Å². The summed E-state index contributed by atoms with van der Waals surface area (Å²) in [4.78, 5) is 12.2. The minimum Gasteiger partial charge on any atom is -0.444 e. The Morgan fingerprint density at radius 1 is 1.08 bits per heavy atom. The fraction of sp³-hybridized carbons (Fsp3) is 0.632. The Morgan fingerprint density at radius 2 is 1.62 bits per heavy atom. The second-order valence-corrected chi connectivity index (χ2v) is 13.5. The number of benzene rings is 1. The van der Waals surface area contributed by atoms with Gasteiger partial charge >= 0.3 is 6.09 Å². The van der Waals surface area contributed by atoms with Crippen LogP contribution in [0.4, 0.5) is 4.79 Å². The number of ether oxygens (including phenoxy) is 1. The lowest BCUT2D eigenvalue weighted by Crippen LogP contribution is -2.44. The normalized spacial score (nSPS) is 14.2. The summed E-state index contributed by atoms with van der Waals surface area (Å²) in [7, 11) is -1.89. The number of carbonyl (C=O) groups excluding carboxylic acids is 1. The lowest BCUT2D eigenvalue weighted by Gasteiger charge is -2.37. The SMILES string of the molecule is CC(C)(C)OC(=O)N[C@@H](CO[Si](C)(C)C(C)(C)C)c1ccccc1. The van der Waals surface area contributed by atoms with Gasteiger partial charge in [0.15, 0.2) is 8.32 Å². The van der Waals surface area contributed by atoms with Crippen LogP contribution in [0.5, 0.6) is 0 Å². The van der Waals surface area contributed by atoms with E-state index in [1.54, 1.807) is 0 Å². The van der Waals surface area contributed by atoms with E-state index in [-0.39, 0.29) is 11.1 Å². The number of alkyl carbamates (subject to hydrolysis) is 1. The van der Waals surface area contributed by atoms with Crippen molar-refractivity contribution in [3.05, 3.63) is 35.9 Å². The predicted octanol–water partition coefficient (Wildman–Crippen LogP) is 5.27. The molecule has 24 heavy (non-hydrogen) atoms. The summed E-state index contributed by atoms with van der Waals surface area (Å²) in [5, 5.41) is 3.08. The maximum atomic E-state index is 12.2. The number of carbonyl (C=O) groups is 1. The molecule has 0 saturated carbocycles. The van der Waals surface area contributed by atoms with Crippen LogP contribution < -0.4 is 5.32 Å². The van der Waals surface area contributed by atoms with Crippen molar-refractivity contribution in [1.82, 2.24) is 5.32 Å². The van der Waals surface area contributed by atoms with Crippen molar-refractivity contribution in [2.24, 2.45) is 0 Å². The molecular formula is C19H33NO3Si. The van der Waals surface area contributed by atoms with E-state index in [1.807, 2.05) is 51.1 Å². The molecule has 0 aromatic heterocycles. The van der Waals surface area contributed by atoms with E-state index >= 15 is 0 Å². The highest BCUT2D eigenvalue weighted by Crippen LogP contribution is 2.37. The molecule has 1 rings (SSSR count). The van der Waals surface area contributed by atoms with Gasteiger partial charge < -0.3 is 14.5 Å². The first-order valence-electron chi connectivity index (χ1n) is 8.50. The van der Waals surface area contributed by atoms with Crippen LogP contribution in [0.2, 0.25) is 18.1 Å². The minimum atomic E-state index is -1.89. The summed E-state index contributed by atoms with van der Waals surface area (Å²) >= 11 is 0. The van der Waals surface area contributed by atoms with Crippen LogP contribution in [0, 0.1) is 0 Å². The summed E-state index contributed by atoms with van der Waals surface area (Å²) in [5.74, 6) is 0. The molecule has 0 fully saturated rings. The highest BCUT2D eigenvalue weighted by Gasteiger charge is 2.38. The van der Waals surface area contributed by atoms with Crippen LogP contribution in [-0.4, -0.2) is 26.6 Å². The molecule has 1 amide bonds. The molecular weight excluding hydrogens is 318 g/mol. The standard InChI is InChI=1S/C19H33NO3Si/c1-18(2,3)23-17(21)20-16(15-12-10-9-11-13-15)14-22-24(7,8)19(4,5)6/h9-13,16H,14H2,1-8H3,(H,20,21)/t16-/m0/s1. The summed E-state index contributed by atoms with van der Waals surface area (Å²) in [6.07, 6.45) is -0.421. The highest BCUT2D eigenvalue weighted by molar-refractivity contribution is 6.74. The molecule has 1 N–H and O–H groups in total. The lowest BCUT2D eigenvalue weighted by atomic mass is 10.1. The predicted molar refractivity (Wildman–Crippen MR) is 102 cm³/mol. The van der Waals surface area contributed by atoms with Crippen molar-refractivity contribution in [2.45, 2.75) is 71.3 Å². The Morgan fingerprint density at radius 3 is 2.08 bits per heavy atom. The van der Waals surface area contributed by atoms with Gasteiger partial charge in [0.1, 0.15) is 5.60 Å². The molecule has 0 unspecified atom stereocenters. The Labute approximate surface area is 148 Å². The first-order valence-corrected chi connectivity index (χ1v) is 11.4. The van der Waals surface area contributed by atoms with E-state index in [2.05, 4.69) is 39.2 Å². The Bertz CT molecular complexity index is 530. The first-order chi connectivity index (χ1) is 10.8. The molecule has 0 aliphatic heterocycles. The molecule has 0 aliphatic rings. The number of hydrogen-bond acceptors (Lipinski definition) is 3. The minimum absolute atomic E-state index is 0.125. The second kappa shape index (κ2) is 7.70. The number of nitrogens with one attached hydrogen (secondary N) is 1. The molecule has 136 valence electrons. The summed E-state index contributed by atoms with van der Waals surface area (Å²) in [5.41, 5.74) is 0.494. The second-order valence-electron chi connectivity index (χ2n) is 8.68. The third-order valence-electron chi connectivity index (χ3n) is 4.31. The summed E-state index contributed by atoms with van der Waals surface area (Å²) in [6, 6.07) is 9.66. The van der Waals surface area contributed by atoms with E-state index in [9.17, 15) is 4.79 Å². The molecule has 0 radical (unpaired) electrons. The summed E-state index contributed by atoms with van der Waals surface area (Å²) < 4.78 is 11.7. The number of hydrogen-bond donors (Lipinski definition) is 1. The molecule has 1 atom stereocenters. The third-order valence-corrected chi connectivity index (χ3v) is 8.81. The van der Waals surface area contributed by atoms with Gasteiger partial charge in [-0.25, -0.2) is 4.79 Å². The van der Waals surface area contributed by atoms with Crippen LogP contribution in [0.25, 0.3) is 0 Å². The van der Waals surface area contributed by atoms with Crippen molar-refractivity contribution in [2.75, 3.05) is 6.61 Å². The first kappa shape index (κ1) is 20.7. The van der Waals surface area contributed by atoms with Gasteiger partial charge in [-0.05, 0) is 44.5 Å². The van der Waals surface area contributed by atoms with Crippen molar-refractivity contribution in [3.8, 4) is 0 Å². The number of amides is 1. The van der Waals surface area contributed by atoms with E-state index < -0.39 is 20.0 Å². The maximum absolute atomic E-state index is 12.2. The molecule has 1 aromatic rings. The van der Waals surface area contributed by atoms with E-state index in [0.717, 1.165) is 5.56 Å². The monoisotopic (exact) mass is 351 g/mol. The fourth-order valence-corrected chi connectivity index (χ4v) is 2.88. The van der Waals surface area contributed by atoms with Gasteiger partial charge in [-0.2, -0.15) is 0 Å². The highest BCUT2D eigenvalue weighted by atomic mass is 28.4. The quantitative estimate of drug-likeness (QED) is 0.735. The zero-order valence-electron chi connectivity index (χ0n) is 16.4. The third kappa shape index (κ3) is 6.65. The van der Waals surface area contributed by atoms with Crippen molar-refractivity contribution < 1.29 is 14.0 Å². The average Bonchev–Trinajstić information content (AvgIpc) is 2.41. The van der Waals surface area contributed by atoms with Gasteiger partial charge in [0, 0.05) is 0 Å². The van der Waals surface area contributed by atoms with Crippen LogP contribution in [0.15, 0.2) is 30.3 Å². The molecule has 0 spiro atoms. The van der Waals surface area contributed by atoms with Gasteiger partial charge in [-0.3, -0.25) is 0 Å². The summed E-state index contributed by atoms with van der Waals surface area (Å²) in [6.45, 7) is 17.1. The van der Waals surface area contributed by atoms with Crippen molar-refractivity contribution in [1.29, 1.82) is 0 Å². The van der Waals surface area contributed by atoms with Gasteiger partial charge in [-0.1, -0.05) is 51.1 Å². The largest absolute Gasteiger partial charge is 0.444 e. The Hall–Kier alpha value is -1.33. The van der Waals surface area contributed by atoms with Crippen molar-refractivity contribution in [3.63, 3.8) is 0 Å². The Balaban J connectivity index is 2.86.